The largest absolute Gasteiger partial charge is 0.332 e. The molecule has 9 nitrogen and oxygen atoms in total. The van der Waals surface area contributed by atoms with Gasteiger partial charge in [0.15, 0.2) is 11.0 Å². The third kappa shape index (κ3) is 4.58. The lowest BCUT2D eigenvalue weighted by Gasteiger charge is -2.13. The molecule has 2 aromatic carbocycles. The molecule has 1 N–H and O–H groups in total. The molecule has 0 unspecified atom stereocenters. The lowest BCUT2D eigenvalue weighted by Crippen LogP contribution is -2.38. The van der Waals surface area contributed by atoms with Crippen LogP contribution in [0.1, 0.15) is 11.1 Å². The third-order valence-electron chi connectivity index (χ3n) is 5.54. The van der Waals surface area contributed by atoms with Gasteiger partial charge in [-0.05, 0) is 37.1 Å². The molecule has 0 fully saturated rings. The van der Waals surface area contributed by atoms with Crippen molar-refractivity contribution in [2.24, 2.45) is 14.1 Å². The highest BCUT2D eigenvalue weighted by Crippen LogP contribution is 2.28. The average Bonchev–Trinajstić information content (AvgIpc) is 3.26. The van der Waals surface area contributed by atoms with Gasteiger partial charge in [-0.3, -0.25) is 23.3 Å². The topological polar surface area (TPSA) is 104 Å². The second kappa shape index (κ2) is 9.52. The molecule has 10 heteroatoms. The Morgan fingerprint density at radius 3 is 2.38 bits per heavy atom. The number of hydrogen-bond donors (Lipinski definition) is 1. The molecule has 1 amide bonds. The molecule has 0 aliphatic heterocycles. The summed E-state index contributed by atoms with van der Waals surface area (Å²) in [6.45, 7) is 4.09. The Balaban J connectivity index is 1.63. The maximum atomic E-state index is 12.7. The highest BCUT2D eigenvalue weighted by molar-refractivity contribution is 7.99. The normalized spacial score (nSPS) is 10.9. The SMILES string of the molecule is Cc1ccc(-n2c(SCC(=O)Nc3cc(=O)n(C)c(=O)n3C)nnc2-c2ccccc2)cc1C. The van der Waals surface area contributed by atoms with Gasteiger partial charge in [0.2, 0.25) is 5.91 Å². The lowest BCUT2D eigenvalue weighted by molar-refractivity contribution is -0.113. The van der Waals surface area contributed by atoms with Crippen molar-refractivity contribution in [2.75, 3.05) is 11.1 Å². The number of aryl methyl sites for hydroxylation is 2. The zero-order valence-electron chi connectivity index (χ0n) is 19.3. The van der Waals surface area contributed by atoms with Crippen LogP contribution in [0.25, 0.3) is 17.1 Å². The van der Waals surface area contributed by atoms with E-state index in [0.29, 0.717) is 11.0 Å². The number of nitrogens with zero attached hydrogens (tertiary/aromatic N) is 5. The summed E-state index contributed by atoms with van der Waals surface area (Å²) >= 11 is 1.22. The number of hydrogen-bond acceptors (Lipinski definition) is 6. The minimum atomic E-state index is -0.516. The van der Waals surface area contributed by atoms with Gasteiger partial charge in [-0.2, -0.15) is 0 Å². The van der Waals surface area contributed by atoms with Crippen LogP contribution in [-0.4, -0.2) is 35.6 Å². The molecular formula is C24H24N6O3S. The zero-order chi connectivity index (χ0) is 24.4. The molecule has 0 saturated carbocycles. The van der Waals surface area contributed by atoms with E-state index in [1.807, 2.05) is 60.9 Å². The van der Waals surface area contributed by atoms with Gasteiger partial charge in [-0.15, -0.1) is 10.2 Å². The number of benzene rings is 2. The maximum Gasteiger partial charge on any atom is 0.332 e. The molecule has 0 radical (unpaired) electrons. The lowest BCUT2D eigenvalue weighted by atomic mass is 10.1. The van der Waals surface area contributed by atoms with Crippen LogP contribution in [-0.2, 0) is 18.9 Å². The van der Waals surface area contributed by atoms with Crippen molar-refractivity contribution in [3.8, 4) is 17.1 Å². The van der Waals surface area contributed by atoms with Gasteiger partial charge >= 0.3 is 5.69 Å². The minimum absolute atomic E-state index is 0.0150. The van der Waals surface area contributed by atoms with Gasteiger partial charge in [-0.25, -0.2) is 4.79 Å². The van der Waals surface area contributed by atoms with Gasteiger partial charge in [0.05, 0.1) is 11.4 Å². The number of amides is 1. The summed E-state index contributed by atoms with van der Waals surface area (Å²) in [7, 11) is 2.88. The molecule has 4 rings (SSSR count). The molecule has 174 valence electrons. The van der Waals surface area contributed by atoms with Crippen molar-refractivity contribution in [3.05, 3.63) is 86.6 Å². The zero-order valence-corrected chi connectivity index (χ0v) is 20.1. The number of aromatic nitrogens is 5. The molecule has 2 aromatic heterocycles. The maximum absolute atomic E-state index is 12.7. The Morgan fingerprint density at radius 1 is 0.941 bits per heavy atom. The van der Waals surface area contributed by atoms with Gasteiger partial charge in [0.25, 0.3) is 5.56 Å². The Kier molecular flexibility index (Phi) is 6.51. The number of anilines is 1. The fraction of sp³-hybridized carbons (Fsp3) is 0.208. The van der Waals surface area contributed by atoms with Crippen LogP contribution in [0.15, 0.2) is 69.3 Å². The van der Waals surface area contributed by atoms with E-state index in [9.17, 15) is 14.4 Å². The van der Waals surface area contributed by atoms with E-state index in [2.05, 4.69) is 21.6 Å². The first kappa shape index (κ1) is 23.2. The predicted molar refractivity (Wildman–Crippen MR) is 133 cm³/mol. The predicted octanol–water partition coefficient (Wildman–Crippen LogP) is 2.68. The van der Waals surface area contributed by atoms with Crippen LogP contribution in [0, 0.1) is 13.8 Å². The third-order valence-corrected chi connectivity index (χ3v) is 6.47. The summed E-state index contributed by atoms with van der Waals surface area (Å²) in [5.41, 5.74) is 3.09. The Hall–Kier alpha value is -3.92. The van der Waals surface area contributed by atoms with E-state index >= 15 is 0 Å². The Bertz CT molecular complexity index is 1490. The van der Waals surface area contributed by atoms with E-state index in [4.69, 9.17) is 0 Å². The summed E-state index contributed by atoms with van der Waals surface area (Å²) in [5, 5.41) is 11.9. The van der Waals surface area contributed by atoms with Gasteiger partial charge in [0, 0.05) is 25.7 Å². The number of nitrogens with one attached hydrogen (secondary N) is 1. The van der Waals surface area contributed by atoms with E-state index < -0.39 is 11.2 Å². The first-order valence-electron chi connectivity index (χ1n) is 10.5. The van der Waals surface area contributed by atoms with Gasteiger partial charge in [-0.1, -0.05) is 48.2 Å². The molecule has 0 saturated heterocycles. The summed E-state index contributed by atoms with van der Waals surface area (Å²) in [6, 6.07) is 17.0. The first-order chi connectivity index (χ1) is 16.3. The molecule has 0 spiro atoms. The number of thioether (sulfide) groups is 1. The van der Waals surface area contributed by atoms with Crippen molar-refractivity contribution in [3.63, 3.8) is 0 Å². The molecule has 4 aromatic rings. The average molecular weight is 477 g/mol. The smallest absolute Gasteiger partial charge is 0.311 e. The highest BCUT2D eigenvalue weighted by Gasteiger charge is 2.18. The van der Waals surface area contributed by atoms with Gasteiger partial charge < -0.3 is 5.32 Å². The summed E-state index contributed by atoms with van der Waals surface area (Å²) in [4.78, 5) is 36.7. The summed E-state index contributed by atoms with van der Waals surface area (Å²) < 4.78 is 4.12. The molecule has 0 atom stereocenters. The molecule has 0 bridgehead atoms. The number of carbonyl (C=O) groups excluding carboxylic acids is 1. The highest BCUT2D eigenvalue weighted by atomic mass is 32.2. The number of rotatable bonds is 6. The minimum Gasteiger partial charge on any atom is -0.311 e. The van der Waals surface area contributed by atoms with Crippen LogP contribution < -0.4 is 16.6 Å². The molecule has 34 heavy (non-hydrogen) atoms. The summed E-state index contributed by atoms with van der Waals surface area (Å²) in [5.74, 6) is 0.449. The quantitative estimate of drug-likeness (QED) is 0.429. The molecular weight excluding hydrogens is 452 g/mol. The van der Waals surface area contributed by atoms with Crippen molar-refractivity contribution < 1.29 is 4.79 Å². The fourth-order valence-corrected chi connectivity index (χ4v) is 4.15. The van der Waals surface area contributed by atoms with Crippen LogP contribution >= 0.6 is 11.8 Å². The van der Waals surface area contributed by atoms with Gasteiger partial charge in [0.1, 0.15) is 5.82 Å². The van der Waals surface area contributed by atoms with Crippen molar-refractivity contribution in [2.45, 2.75) is 19.0 Å². The van der Waals surface area contributed by atoms with Crippen molar-refractivity contribution in [1.29, 1.82) is 0 Å². The van der Waals surface area contributed by atoms with E-state index in [1.165, 1.54) is 42.1 Å². The second-order valence-corrected chi connectivity index (χ2v) is 8.82. The fourth-order valence-electron chi connectivity index (χ4n) is 3.40. The molecule has 0 aliphatic carbocycles. The Morgan fingerprint density at radius 2 is 1.68 bits per heavy atom. The second-order valence-electron chi connectivity index (χ2n) is 7.88. The molecule has 0 aliphatic rings. The van der Waals surface area contributed by atoms with Crippen molar-refractivity contribution in [1.82, 2.24) is 23.9 Å². The monoisotopic (exact) mass is 476 g/mol. The van der Waals surface area contributed by atoms with Crippen LogP contribution in [0.3, 0.4) is 0 Å². The Labute approximate surface area is 200 Å². The standard InChI is InChI=1S/C24H24N6O3S/c1-15-10-11-18(12-16(15)2)30-22(17-8-6-5-7-9-17)26-27-23(30)34-14-20(31)25-19-13-21(32)29(4)24(33)28(19)3/h5-13H,14H2,1-4H3,(H,25,31). The van der Waals surface area contributed by atoms with Crippen LogP contribution in [0.4, 0.5) is 5.82 Å². The molecule has 2 heterocycles. The van der Waals surface area contributed by atoms with E-state index in [-0.39, 0.29) is 17.5 Å². The van der Waals surface area contributed by atoms with Crippen molar-refractivity contribution >= 4 is 23.5 Å². The summed E-state index contributed by atoms with van der Waals surface area (Å²) in [6.07, 6.45) is 0. The van der Waals surface area contributed by atoms with Crippen LogP contribution in [0.5, 0.6) is 0 Å². The first-order valence-corrected chi connectivity index (χ1v) is 11.5. The van der Waals surface area contributed by atoms with E-state index in [0.717, 1.165) is 21.4 Å². The van der Waals surface area contributed by atoms with E-state index in [1.54, 1.807) is 0 Å². The van der Waals surface area contributed by atoms with Crippen LogP contribution in [0.2, 0.25) is 0 Å². The number of carbonyl (C=O) groups is 1.